The molecule has 0 saturated heterocycles. The van der Waals surface area contributed by atoms with Crippen LogP contribution in [0, 0.1) is 13.8 Å². The van der Waals surface area contributed by atoms with E-state index in [9.17, 15) is 0 Å². The largest absolute Gasteiger partial charge is 0.311 e. The number of unbranched alkanes of at least 4 members (excludes halogenated alkanes) is 20. The molecule has 0 saturated carbocycles. The summed E-state index contributed by atoms with van der Waals surface area (Å²) in [5.41, 5.74) is 29.5. The van der Waals surface area contributed by atoms with Gasteiger partial charge in [-0.3, -0.25) is 0 Å². The normalized spacial score (nSPS) is 12.2. The number of benzene rings is 9. The topological polar surface area (TPSA) is 6.48 Å². The van der Waals surface area contributed by atoms with Crippen LogP contribution in [0.5, 0.6) is 0 Å². The molecule has 2 aliphatic rings. The number of nitrogens with zero attached hydrogens (tertiary/aromatic N) is 2. The van der Waals surface area contributed by atoms with Crippen LogP contribution in [0.25, 0.3) is 50.6 Å². The number of hydrogen-bond acceptors (Lipinski definition) is 2. The number of hydrogen-bond donors (Lipinski definition) is 0. The molecule has 0 bridgehead atoms. The fourth-order valence-electron chi connectivity index (χ4n) is 16.8. The first-order valence-electron chi connectivity index (χ1n) is 39.1. The highest BCUT2D eigenvalue weighted by atomic mass is 15.1. The van der Waals surface area contributed by atoms with Crippen LogP contribution in [0.4, 0.5) is 34.1 Å². The van der Waals surface area contributed by atoms with E-state index in [4.69, 9.17) is 0 Å². The lowest BCUT2D eigenvalue weighted by Gasteiger charge is -2.35. The van der Waals surface area contributed by atoms with Crippen molar-refractivity contribution in [3.63, 3.8) is 0 Å². The highest BCUT2D eigenvalue weighted by Gasteiger charge is 2.48. The van der Waals surface area contributed by atoms with Crippen molar-refractivity contribution >= 4 is 40.2 Å². The quantitative estimate of drug-likeness (QED) is 0.0358. The third-order valence-electron chi connectivity index (χ3n) is 22.5. The third kappa shape index (κ3) is 22.3. The molecule has 0 heterocycles. The van der Waals surface area contributed by atoms with E-state index in [2.05, 4.69) is 273 Å². The van der Waals surface area contributed by atoms with E-state index in [0.29, 0.717) is 0 Å². The first kappa shape index (κ1) is 95.4. The number of rotatable bonds is 37. The summed E-state index contributed by atoms with van der Waals surface area (Å²) >= 11 is 0. The first-order valence-corrected chi connectivity index (χ1v) is 39.1. The van der Waals surface area contributed by atoms with Gasteiger partial charge in [0.25, 0.3) is 0 Å². The molecule has 0 N–H and O–H groups in total. The molecule has 0 spiro atoms. The van der Waals surface area contributed by atoms with Gasteiger partial charge in [-0.25, -0.2) is 0 Å². The molecule has 2 nitrogen and oxygen atoms in total. The van der Waals surface area contributed by atoms with Crippen molar-refractivity contribution in [2.45, 2.75) is 325 Å². The fourth-order valence-corrected chi connectivity index (χ4v) is 16.8. The standard InChI is InChI=1S/C96H118N2.9CH4/c1-11-16-20-24-28-32-64-95(65-33-29-25-21-17-12-2)90-68-77(75-42-56-83(57-43-75)97(80-50-36-72(6)37-51-80)82-54-40-74(15-5)41-55-82)46-62-86(90)88-70-93-89(71-92(88)95)87-63-47-78(69-91(87)96(93,66-34-30-26-22-18-13-3)67-35-31-27-23-19-14-4)76-44-58-84(59-45-76)98(81-52-38-73(7)39-53-81)85-60-48-79(49-61-85)94(8,9)10;;;;;;;;;/h15,36-63,68-71H,5,11-14,16-35,64-67H2,1-4,6-10H3;9*1H4. The SMILES string of the molecule is C.C.C.C.C.C.C.C.C.C=Cc1ccc(N(c2ccc(C)cc2)c2ccc(-c3ccc4c(c3)C(CCCCCCCC)(CCCCCCCC)c3cc5c(cc3-4)C(CCCCCCCC)(CCCCCCCC)c3cc(-c4ccc(N(c6ccc(C)cc6)c6ccc(C(C)(C)C)cc6)cc4)ccc3-5)cc2)cc1. The molecule has 0 aromatic heterocycles. The Balaban J connectivity index is 0.00000432. The van der Waals surface area contributed by atoms with E-state index in [1.165, 1.54) is 258 Å². The van der Waals surface area contributed by atoms with Gasteiger partial charge in [0.15, 0.2) is 0 Å². The summed E-state index contributed by atoms with van der Waals surface area (Å²) in [6, 6.07) is 76.3. The molecule has 0 atom stereocenters. The second-order valence-corrected chi connectivity index (χ2v) is 30.7. The summed E-state index contributed by atoms with van der Waals surface area (Å²) in [5.74, 6) is 0. The molecular weight excluding hydrogens is 1290 g/mol. The molecule has 107 heavy (non-hydrogen) atoms. The minimum Gasteiger partial charge on any atom is -0.311 e. The maximum atomic E-state index is 4.06. The van der Waals surface area contributed by atoms with Crippen LogP contribution in [0.15, 0.2) is 201 Å². The Labute approximate surface area is 660 Å². The van der Waals surface area contributed by atoms with Crippen molar-refractivity contribution in [3.05, 3.63) is 245 Å². The van der Waals surface area contributed by atoms with Gasteiger partial charge in [0.05, 0.1) is 0 Å². The van der Waals surface area contributed by atoms with Crippen molar-refractivity contribution in [3.8, 4) is 44.5 Å². The van der Waals surface area contributed by atoms with Crippen molar-refractivity contribution in [2.75, 3.05) is 9.80 Å². The van der Waals surface area contributed by atoms with E-state index in [1.807, 2.05) is 6.08 Å². The summed E-state index contributed by atoms with van der Waals surface area (Å²) < 4.78 is 0. The molecule has 0 unspecified atom stereocenters. The van der Waals surface area contributed by atoms with Gasteiger partial charge < -0.3 is 9.80 Å². The van der Waals surface area contributed by atoms with Gasteiger partial charge in [-0.05, 0) is 220 Å². The summed E-state index contributed by atoms with van der Waals surface area (Å²) in [7, 11) is 0. The number of fused-ring (bicyclic) bond motifs is 6. The maximum absolute atomic E-state index is 4.06. The molecular formula is C105H154N2. The lowest BCUT2D eigenvalue weighted by Crippen LogP contribution is -2.27. The Morgan fingerprint density at radius 1 is 0.280 bits per heavy atom. The van der Waals surface area contributed by atoms with Crippen LogP contribution in [-0.4, -0.2) is 0 Å². The van der Waals surface area contributed by atoms with Crippen LogP contribution in [0.3, 0.4) is 0 Å². The average molecular weight is 1440 g/mol. The van der Waals surface area contributed by atoms with Gasteiger partial charge in [-0.1, -0.05) is 390 Å². The van der Waals surface area contributed by atoms with Gasteiger partial charge in [-0.15, -0.1) is 0 Å². The van der Waals surface area contributed by atoms with Crippen LogP contribution in [-0.2, 0) is 16.2 Å². The zero-order chi connectivity index (χ0) is 68.5. The van der Waals surface area contributed by atoms with Gasteiger partial charge in [0, 0.05) is 45.0 Å². The minimum atomic E-state index is -0.0856. The van der Waals surface area contributed by atoms with Crippen LogP contribution in [0.2, 0.25) is 0 Å². The predicted octanol–water partition coefficient (Wildman–Crippen LogP) is 35.8. The highest BCUT2D eigenvalue weighted by molar-refractivity contribution is 5.92. The Morgan fingerprint density at radius 2 is 0.523 bits per heavy atom. The van der Waals surface area contributed by atoms with Crippen LogP contribution >= 0.6 is 0 Å². The molecule has 9 aromatic carbocycles. The lowest BCUT2D eigenvalue weighted by molar-refractivity contribution is 0.394. The Hall–Kier alpha value is -7.68. The zero-order valence-corrected chi connectivity index (χ0v) is 62.0. The van der Waals surface area contributed by atoms with Crippen molar-refractivity contribution in [2.24, 2.45) is 0 Å². The molecule has 2 heteroatoms. The van der Waals surface area contributed by atoms with E-state index in [1.54, 1.807) is 22.3 Å². The van der Waals surface area contributed by atoms with E-state index in [0.717, 1.165) is 22.6 Å². The zero-order valence-electron chi connectivity index (χ0n) is 62.0. The van der Waals surface area contributed by atoms with Crippen molar-refractivity contribution < 1.29 is 0 Å². The number of anilines is 6. The van der Waals surface area contributed by atoms with Crippen molar-refractivity contribution in [1.29, 1.82) is 0 Å². The monoisotopic (exact) mass is 1440 g/mol. The van der Waals surface area contributed by atoms with E-state index in [-0.39, 0.29) is 83.1 Å². The first-order chi connectivity index (χ1) is 47.8. The molecule has 0 fully saturated rings. The van der Waals surface area contributed by atoms with Crippen LogP contribution < -0.4 is 9.80 Å². The predicted molar refractivity (Wildman–Crippen MR) is 490 cm³/mol. The number of aryl methyl sites for hydroxylation is 2. The molecule has 584 valence electrons. The van der Waals surface area contributed by atoms with E-state index < -0.39 is 0 Å². The van der Waals surface area contributed by atoms with Gasteiger partial charge in [0.2, 0.25) is 0 Å². The highest BCUT2D eigenvalue weighted by Crippen LogP contribution is 2.62. The molecule has 0 radical (unpaired) electrons. The second-order valence-electron chi connectivity index (χ2n) is 30.7. The smallest absolute Gasteiger partial charge is 0.0462 e. The summed E-state index contributed by atoms with van der Waals surface area (Å²) in [4.78, 5) is 4.83. The Kier molecular flexibility index (Phi) is 40.4. The van der Waals surface area contributed by atoms with Gasteiger partial charge in [-0.2, -0.15) is 0 Å². The third-order valence-corrected chi connectivity index (χ3v) is 22.5. The minimum absolute atomic E-state index is 0. The Morgan fingerprint density at radius 3 is 0.804 bits per heavy atom. The summed E-state index contributed by atoms with van der Waals surface area (Å²) in [5, 5.41) is 0. The summed E-state index contributed by atoms with van der Waals surface area (Å²) in [6.45, 7) is 24.7. The molecule has 0 aliphatic heterocycles. The average Bonchev–Trinajstić information content (AvgIpc) is 1.53. The molecule has 2 aliphatic carbocycles. The van der Waals surface area contributed by atoms with Crippen LogP contribution in [0.1, 0.15) is 340 Å². The Bertz CT molecular complexity index is 3930. The second kappa shape index (κ2) is 45.3. The molecule has 9 aromatic rings. The fraction of sp³-hybridized carbons (Fsp3) is 0.467. The molecule has 0 amide bonds. The van der Waals surface area contributed by atoms with Crippen molar-refractivity contribution in [1.82, 2.24) is 0 Å². The molecule has 11 rings (SSSR count). The van der Waals surface area contributed by atoms with E-state index >= 15 is 0 Å². The van der Waals surface area contributed by atoms with Gasteiger partial charge in [0.1, 0.15) is 0 Å². The maximum Gasteiger partial charge on any atom is 0.0462 e. The summed E-state index contributed by atoms with van der Waals surface area (Å²) in [6.07, 6.45) is 38.0. The lowest BCUT2D eigenvalue weighted by atomic mass is 9.68. The van der Waals surface area contributed by atoms with Gasteiger partial charge >= 0.3 is 0 Å².